The molecule has 0 saturated heterocycles. The summed E-state index contributed by atoms with van der Waals surface area (Å²) < 4.78 is 1.94. The molecule has 15 heavy (non-hydrogen) atoms. The van der Waals surface area contributed by atoms with E-state index in [-0.39, 0.29) is 6.04 Å². The van der Waals surface area contributed by atoms with Gasteiger partial charge in [0.2, 0.25) is 0 Å². The lowest BCUT2D eigenvalue weighted by atomic mass is 10.1. The number of nitrogens with zero attached hydrogens (tertiary/aromatic N) is 3. The van der Waals surface area contributed by atoms with E-state index in [1.54, 1.807) is 6.33 Å². The number of aryl methyl sites for hydroxylation is 1. The van der Waals surface area contributed by atoms with Crippen molar-refractivity contribution < 1.29 is 0 Å². The molecule has 3 N–H and O–H groups in total. The summed E-state index contributed by atoms with van der Waals surface area (Å²) in [6.45, 7) is 4.70. The Kier molecular flexibility index (Phi) is 3.13. The van der Waals surface area contributed by atoms with Gasteiger partial charge in [0, 0.05) is 31.2 Å². The van der Waals surface area contributed by atoms with Crippen molar-refractivity contribution in [2.24, 2.45) is 5.73 Å². The van der Waals surface area contributed by atoms with Crippen LogP contribution in [0.2, 0.25) is 0 Å². The van der Waals surface area contributed by atoms with Crippen molar-refractivity contribution in [1.82, 2.24) is 20.1 Å². The molecule has 0 bridgehead atoms. The molecule has 1 aliphatic heterocycles. The van der Waals surface area contributed by atoms with Crippen LogP contribution >= 0.6 is 0 Å². The van der Waals surface area contributed by atoms with Crippen molar-refractivity contribution in [3.63, 3.8) is 0 Å². The van der Waals surface area contributed by atoms with E-state index >= 15 is 0 Å². The quantitative estimate of drug-likeness (QED) is 0.732. The summed E-state index contributed by atoms with van der Waals surface area (Å²) in [5, 5.41) is 7.47. The third kappa shape index (κ3) is 2.24. The Balaban J connectivity index is 2.24. The minimum atomic E-state index is 0.0838. The summed E-state index contributed by atoms with van der Waals surface area (Å²) >= 11 is 0. The zero-order valence-corrected chi connectivity index (χ0v) is 8.98. The van der Waals surface area contributed by atoms with E-state index in [2.05, 4.69) is 28.4 Å². The third-order valence-corrected chi connectivity index (χ3v) is 2.45. The molecule has 82 valence electrons. The zero-order valence-electron chi connectivity index (χ0n) is 8.98. The van der Waals surface area contributed by atoms with Gasteiger partial charge in [-0.15, -0.1) is 0 Å². The fourth-order valence-electron chi connectivity index (χ4n) is 1.79. The van der Waals surface area contributed by atoms with E-state index in [1.165, 1.54) is 0 Å². The smallest absolute Gasteiger partial charge is 0.154 e. The minimum Gasteiger partial charge on any atom is -0.323 e. The van der Waals surface area contributed by atoms with Crippen molar-refractivity contribution in [2.75, 3.05) is 13.1 Å². The maximum absolute atomic E-state index is 5.86. The van der Waals surface area contributed by atoms with E-state index in [0.717, 1.165) is 37.5 Å². The van der Waals surface area contributed by atoms with Crippen LogP contribution in [-0.2, 0) is 6.54 Å². The van der Waals surface area contributed by atoms with E-state index in [9.17, 15) is 0 Å². The molecule has 0 radical (unpaired) electrons. The number of nitrogens with two attached hydrogens (primary N) is 1. The minimum absolute atomic E-state index is 0.0838. The Hall–Kier alpha value is -1.20. The lowest BCUT2D eigenvalue weighted by Crippen LogP contribution is -2.37. The predicted molar refractivity (Wildman–Crippen MR) is 59.1 cm³/mol. The van der Waals surface area contributed by atoms with Gasteiger partial charge >= 0.3 is 0 Å². The molecule has 0 aliphatic carbocycles. The monoisotopic (exact) mass is 207 g/mol. The Morgan fingerprint density at radius 2 is 2.53 bits per heavy atom. The molecule has 0 amide bonds. The summed E-state index contributed by atoms with van der Waals surface area (Å²) in [6, 6.07) is 0.0838. The van der Waals surface area contributed by atoms with Crippen LogP contribution in [0.15, 0.2) is 12.4 Å². The molecule has 1 aliphatic rings. The van der Waals surface area contributed by atoms with Crippen molar-refractivity contribution in [1.29, 1.82) is 0 Å². The van der Waals surface area contributed by atoms with Gasteiger partial charge in [-0.1, -0.05) is 13.0 Å². The van der Waals surface area contributed by atoms with Gasteiger partial charge in [-0.3, -0.25) is 0 Å². The Bertz CT molecular complexity index is 354. The molecule has 1 atom stereocenters. The summed E-state index contributed by atoms with van der Waals surface area (Å²) in [5.74, 6) is 0.944. The van der Waals surface area contributed by atoms with Crippen LogP contribution in [0, 0.1) is 0 Å². The van der Waals surface area contributed by atoms with Gasteiger partial charge in [0.1, 0.15) is 6.33 Å². The fraction of sp³-hybridized carbons (Fsp3) is 0.600. The molecule has 0 fully saturated rings. The number of hydrogen-bond acceptors (Lipinski definition) is 4. The maximum Gasteiger partial charge on any atom is 0.154 e. The van der Waals surface area contributed by atoms with Gasteiger partial charge in [0.15, 0.2) is 5.82 Å². The number of rotatable bonds is 3. The standard InChI is InChI=1S/C10H17N5/c1-2-3-15-10(13-7-14-15)8-4-9(11)6-12-5-8/h4,7,9,12H,2-3,5-6,11H2,1H3. The molecular weight excluding hydrogens is 190 g/mol. The molecule has 1 unspecified atom stereocenters. The topological polar surface area (TPSA) is 68.8 Å². The number of aromatic nitrogens is 3. The highest BCUT2D eigenvalue weighted by Gasteiger charge is 2.15. The lowest BCUT2D eigenvalue weighted by molar-refractivity contribution is 0.586. The van der Waals surface area contributed by atoms with Gasteiger partial charge in [-0.05, 0) is 6.42 Å². The van der Waals surface area contributed by atoms with Gasteiger partial charge in [-0.2, -0.15) is 5.10 Å². The molecule has 0 spiro atoms. The number of hydrogen-bond donors (Lipinski definition) is 2. The average Bonchev–Trinajstić information content (AvgIpc) is 2.66. The Morgan fingerprint density at radius 1 is 1.67 bits per heavy atom. The summed E-state index contributed by atoms with van der Waals surface area (Å²) in [4.78, 5) is 4.28. The average molecular weight is 207 g/mol. The highest BCUT2D eigenvalue weighted by atomic mass is 15.3. The van der Waals surface area contributed by atoms with E-state index in [4.69, 9.17) is 5.73 Å². The first-order chi connectivity index (χ1) is 7.31. The zero-order chi connectivity index (χ0) is 10.7. The third-order valence-electron chi connectivity index (χ3n) is 2.45. The van der Waals surface area contributed by atoms with Crippen LogP contribution in [0.5, 0.6) is 0 Å². The molecule has 5 heteroatoms. The van der Waals surface area contributed by atoms with Crippen LogP contribution in [0.25, 0.3) is 5.57 Å². The normalized spacial score (nSPS) is 21.5. The summed E-state index contributed by atoms with van der Waals surface area (Å²) in [6.07, 6.45) is 4.74. The molecule has 0 saturated carbocycles. The molecule has 1 aromatic heterocycles. The molecule has 2 rings (SSSR count). The van der Waals surface area contributed by atoms with Crippen molar-refractivity contribution in [3.8, 4) is 0 Å². The second-order valence-corrected chi connectivity index (χ2v) is 3.79. The first kappa shape index (κ1) is 10.3. The summed E-state index contributed by atoms with van der Waals surface area (Å²) in [7, 11) is 0. The maximum atomic E-state index is 5.86. The number of nitrogens with one attached hydrogen (secondary N) is 1. The SMILES string of the molecule is CCCn1ncnc1C1=CC(N)CNC1. The van der Waals surface area contributed by atoms with Gasteiger partial charge in [0.05, 0.1) is 0 Å². The van der Waals surface area contributed by atoms with Crippen LogP contribution in [0.3, 0.4) is 0 Å². The summed E-state index contributed by atoms with van der Waals surface area (Å²) in [5.41, 5.74) is 7.01. The van der Waals surface area contributed by atoms with Crippen LogP contribution in [0.4, 0.5) is 0 Å². The van der Waals surface area contributed by atoms with E-state index in [1.807, 2.05) is 4.68 Å². The van der Waals surface area contributed by atoms with Crippen molar-refractivity contribution in [3.05, 3.63) is 18.2 Å². The Labute approximate surface area is 89.4 Å². The van der Waals surface area contributed by atoms with Crippen LogP contribution in [0.1, 0.15) is 19.2 Å². The van der Waals surface area contributed by atoms with Crippen LogP contribution < -0.4 is 11.1 Å². The van der Waals surface area contributed by atoms with Crippen molar-refractivity contribution in [2.45, 2.75) is 25.9 Å². The highest BCUT2D eigenvalue weighted by molar-refractivity contribution is 5.63. The van der Waals surface area contributed by atoms with Crippen LogP contribution in [-0.4, -0.2) is 33.9 Å². The molecule has 2 heterocycles. The predicted octanol–water partition coefficient (Wildman–Crippen LogP) is 0.00200. The first-order valence-electron chi connectivity index (χ1n) is 5.36. The second kappa shape index (κ2) is 4.55. The molecule has 1 aromatic rings. The second-order valence-electron chi connectivity index (χ2n) is 3.79. The van der Waals surface area contributed by atoms with E-state index < -0.39 is 0 Å². The fourth-order valence-corrected chi connectivity index (χ4v) is 1.79. The first-order valence-corrected chi connectivity index (χ1v) is 5.36. The largest absolute Gasteiger partial charge is 0.323 e. The van der Waals surface area contributed by atoms with Gasteiger partial charge in [-0.25, -0.2) is 9.67 Å². The molecule has 5 nitrogen and oxygen atoms in total. The van der Waals surface area contributed by atoms with Crippen molar-refractivity contribution >= 4 is 5.57 Å². The highest BCUT2D eigenvalue weighted by Crippen LogP contribution is 2.13. The lowest BCUT2D eigenvalue weighted by Gasteiger charge is -2.18. The van der Waals surface area contributed by atoms with Gasteiger partial charge < -0.3 is 11.1 Å². The van der Waals surface area contributed by atoms with Gasteiger partial charge in [0.25, 0.3) is 0 Å². The van der Waals surface area contributed by atoms with E-state index in [0.29, 0.717) is 0 Å². The molecular formula is C10H17N5. The molecule has 0 aromatic carbocycles. The Morgan fingerprint density at radius 3 is 3.27 bits per heavy atom.